The number of methoxy groups -OCH3 is 1. The zero-order valence-electron chi connectivity index (χ0n) is 11.2. The lowest BCUT2D eigenvalue weighted by molar-refractivity contribution is 0.414. The highest BCUT2D eigenvalue weighted by atomic mass is 16.5. The topological polar surface area (TPSA) is 59.1 Å². The Bertz CT molecular complexity index is 530. The van der Waals surface area contributed by atoms with Gasteiger partial charge in [-0.2, -0.15) is 0 Å². The molecule has 2 N–H and O–H groups in total. The van der Waals surface area contributed by atoms with E-state index in [1.54, 1.807) is 19.5 Å². The number of aromatic nitrogens is 2. The van der Waals surface area contributed by atoms with Crippen LogP contribution in [0.4, 0.5) is 11.6 Å². The minimum absolute atomic E-state index is 0.682. The quantitative estimate of drug-likeness (QED) is 0.833. The van der Waals surface area contributed by atoms with Crippen LogP contribution in [0, 0.1) is 0 Å². The molecular formula is C14H18N4O. The summed E-state index contributed by atoms with van der Waals surface area (Å²) in [6.45, 7) is 3.54. The molecule has 1 aromatic heterocycles. The van der Waals surface area contributed by atoms with E-state index in [1.165, 1.54) is 0 Å². The fraction of sp³-hybridized carbons (Fsp3) is 0.286. The molecule has 0 atom stereocenters. The minimum atomic E-state index is 0.682. The molecule has 0 spiro atoms. The van der Waals surface area contributed by atoms with Crippen molar-refractivity contribution in [3.05, 3.63) is 42.2 Å². The molecule has 2 rings (SSSR count). The highest BCUT2D eigenvalue weighted by Gasteiger charge is 1.99. The zero-order valence-corrected chi connectivity index (χ0v) is 11.2. The lowest BCUT2D eigenvalue weighted by atomic mass is 10.2. The Morgan fingerprint density at radius 2 is 1.95 bits per heavy atom. The molecule has 0 aliphatic carbocycles. The number of nitrogens with zero attached hydrogens (tertiary/aromatic N) is 2. The maximum absolute atomic E-state index is 5.19. The molecule has 0 aliphatic rings. The first-order valence-electron chi connectivity index (χ1n) is 6.24. The van der Waals surface area contributed by atoms with E-state index in [4.69, 9.17) is 4.74 Å². The van der Waals surface area contributed by atoms with Crippen molar-refractivity contribution in [3.8, 4) is 5.75 Å². The molecule has 5 nitrogen and oxygen atoms in total. The lowest BCUT2D eigenvalue weighted by Gasteiger charge is -2.08. The van der Waals surface area contributed by atoms with Crippen molar-refractivity contribution < 1.29 is 4.74 Å². The molecule has 1 aromatic carbocycles. The lowest BCUT2D eigenvalue weighted by Crippen LogP contribution is -2.05. The molecule has 100 valence electrons. The van der Waals surface area contributed by atoms with Crippen LogP contribution >= 0.6 is 0 Å². The van der Waals surface area contributed by atoms with Crippen molar-refractivity contribution in [3.63, 3.8) is 0 Å². The fourth-order valence-electron chi connectivity index (χ4n) is 1.69. The Balaban J connectivity index is 1.99. The van der Waals surface area contributed by atoms with Crippen molar-refractivity contribution in [1.82, 2.24) is 9.97 Å². The Morgan fingerprint density at radius 3 is 2.68 bits per heavy atom. The molecule has 0 bridgehead atoms. The number of nitrogens with one attached hydrogen (secondary N) is 2. The first kappa shape index (κ1) is 13.1. The van der Waals surface area contributed by atoms with E-state index in [9.17, 15) is 0 Å². The summed E-state index contributed by atoms with van der Waals surface area (Å²) in [7, 11) is 1.66. The van der Waals surface area contributed by atoms with Crippen molar-refractivity contribution >= 4 is 11.6 Å². The van der Waals surface area contributed by atoms with Gasteiger partial charge in [0.2, 0.25) is 0 Å². The average Bonchev–Trinajstić information content (AvgIpc) is 2.46. The fourth-order valence-corrected chi connectivity index (χ4v) is 1.69. The average molecular weight is 258 g/mol. The Hall–Kier alpha value is -2.30. The van der Waals surface area contributed by atoms with Gasteiger partial charge in [-0.15, -0.1) is 0 Å². The van der Waals surface area contributed by atoms with Crippen LogP contribution < -0.4 is 15.4 Å². The molecule has 0 radical (unpaired) electrons. The maximum Gasteiger partial charge on any atom is 0.147 e. The predicted octanol–water partition coefficient (Wildman–Crippen LogP) is 2.53. The Labute approximate surface area is 113 Å². The number of hydrogen-bond acceptors (Lipinski definition) is 5. The van der Waals surface area contributed by atoms with Gasteiger partial charge in [0.1, 0.15) is 17.4 Å². The van der Waals surface area contributed by atoms with E-state index < -0.39 is 0 Å². The summed E-state index contributed by atoms with van der Waals surface area (Å²) >= 11 is 0. The van der Waals surface area contributed by atoms with Crippen LogP contribution in [0.2, 0.25) is 0 Å². The Morgan fingerprint density at radius 1 is 1.16 bits per heavy atom. The van der Waals surface area contributed by atoms with Gasteiger partial charge in [-0.25, -0.2) is 4.98 Å². The zero-order chi connectivity index (χ0) is 13.5. The molecule has 2 aromatic rings. The SMILES string of the molecule is CCNc1cncc(NCc2cccc(OC)c2)n1. The second-order valence-electron chi connectivity index (χ2n) is 4.02. The van der Waals surface area contributed by atoms with Crippen LogP contribution in [0.25, 0.3) is 0 Å². The highest BCUT2D eigenvalue weighted by Crippen LogP contribution is 2.14. The summed E-state index contributed by atoms with van der Waals surface area (Å²) in [5, 5.41) is 6.37. The van der Waals surface area contributed by atoms with Crippen molar-refractivity contribution in [2.75, 3.05) is 24.3 Å². The van der Waals surface area contributed by atoms with Crippen LogP contribution in [0.3, 0.4) is 0 Å². The van der Waals surface area contributed by atoms with Gasteiger partial charge in [0.25, 0.3) is 0 Å². The third-order valence-electron chi connectivity index (χ3n) is 2.60. The molecule has 19 heavy (non-hydrogen) atoms. The summed E-state index contributed by atoms with van der Waals surface area (Å²) < 4.78 is 5.19. The first-order chi connectivity index (χ1) is 9.31. The second kappa shape index (κ2) is 6.58. The first-order valence-corrected chi connectivity index (χ1v) is 6.24. The molecule has 0 fully saturated rings. The van der Waals surface area contributed by atoms with Gasteiger partial charge < -0.3 is 15.4 Å². The monoisotopic (exact) mass is 258 g/mol. The molecule has 0 saturated heterocycles. The van der Waals surface area contributed by atoms with Crippen molar-refractivity contribution in [1.29, 1.82) is 0 Å². The van der Waals surface area contributed by atoms with E-state index in [-0.39, 0.29) is 0 Å². The van der Waals surface area contributed by atoms with Gasteiger partial charge >= 0.3 is 0 Å². The molecular weight excluding hydrogens is 240 g/mol. The molecule has 5 heteroatoms. The normalized spacial score (nSPS) is 10.0. The number of ether oxygens (including phenoxy) is 1. The van der Waals surface area contributed by atoms with Crippen LogP contribution in [-0.2, 0) is 6.54 Å². The highest BCUT2D eigenvalue weighted by molar-refractivity contribution is 5.42. The van der Waals surface area contributed by atoms with E-state index in [2.05, 4.69) is 20.6 Å². The van der Waals surface area contributed by atoms with Crippen molar-refractivity contribution in [2.24, 2.45) is 0 Å². The summed E-state index contributed by atoms with van der Waals surface area (Å²) in [5.74, 6) is 2.38. The number of anilines is 2. The van der Waals surface area contributed by atoms with Crippen LogP contribution in [0.5, 0.6) is 5.75 Å². The summed E-state index contributed by atoms with van der Waals surface area (Å²) in [6.07, 6.45) is 3.42. The summed E-state index contributed by atoms with van der Waals surface area (Å²) in [4.78, 5) is 8.54. The largest absolute Gasteiger partial charge is 0.497 e. The van der Waals surface area contributed by atoms with E-state index in [0.717, 1.165) is 29.5 Å². The number of benzene rings is 1. The van der Waals surface area contributed by atoms with Gasteiger partial charge in [0, 0.05) is 13.1 Å². The van der Waals surface area contributed by atoms with Gasteiger partial charge in [0.15, 0.2) is 0 Å². The standard InChI is InChI=1S/C14H18N4O/c1-3-16-13-9-15-10-14(18-13)17-8-11-5-4-6-12(7-11)19-2/h4-7,9-10H,3,8H2,1-2H3,(H2,16,17,18). The summed E-state index contributed by atoms with van der Waals surface area (Å²) in [5.41, 5.74) is 1.13. The van der Waals surface area contributed by atoms with Gasteiger partial charge in [0.05, 0.1) is 19.5 Å². The third kappa shape index (κ3) is 3.84. The molecule has 0 unspecified atom stereocenters. The van der Waals surface area contributed by atoms with Crippen LogP contribution in [0.1, 0.15) is 12.5 Å². The minimum Gasteiger partial charge on any atom is -0.497 e. The Kier molecular flexibility index (Phi) is 4.55. The van der Waals surface area contributed by atoms with Crippen LogP contribution in [-0.4, -0.2) is 23.6 Å². The predicted molar refractivity (Wildman–Crippen MR) is 76.5 cm³/mol. The third-order valence-corrected chi connectivity index (χ3v) is 2.60. The summed E-state index contributed by atoms with van der Waals surface area (Å²) in [6, 6.07) is 7.93. The molecule has 0 saturated carbocycles. The number of rotatable bonds is 6. The maximum atomic E-state index is 5.19. The van der Waals surface area contributed by atoms with Crippen molar-refractivity contribution in [2.45, 2.75) is 13.5 Å². The van der Waals surface area contributed by atoms with Gasteiger partial charge in [-0.05, 0) is 24.6 Å². The second-order valence-corrected chi connectivity index (χ2v) is 4.02. The number of hydrogen-bond donors (Lipinski definition) is 2. The van der Waals surface area contributed by atoms with E-state index >= 15 is 0 Å². The van der Waals surface area contributed by atoms with Crippen LogP contribution in [0.15, 0.2) is 36.7 Å². The molecule has 1 heterocycles. The smallest absolute Gasteiger partial charge is 0.147 e. The van der Waals surface area contributed by atoms with Gasteiger partial charge in [-0.1, -0.05) is 12.1 Å². The van der Waals surface area contributed by atoms with Gasteiger partial charge in [-0.3, -0.25) is 4.98 Å². The molecule has 0 aliphatic heterocycles. The van der Waals surface area contributed by atoms with E-state index in [0.29, 0.717) is 6.54 Å². The molecule has 0 amide bonds. The van der Waals surface area contributed by atoms with E-state index in [1.807, 2.05) is 31.2 Å².